The van der Waals surface area contributed by atoms with E-state index in [1.807, 2.05) is 36.4 Å². The Bertz CT molecular complexity index is 1180. The van der Waals surface area contributed by atoms with Crippen molar-refractivity contribution in [3.63, 3.8) is 0 Å². The number of alkyl carbamates (subject to hydrolysis) is 1. The highest BCUT2D eigenvalue weighted by Crippen LogP contribution is 2.44. The molecular weight excluding hydrogens is 444 g/mol. The predicted molar refractivity (Wildman–Crippen MR) is 132 cm³/mol. The van der Waals surface area contributed by atoms with Gasteiger partial charge in [0.15, 0.2) is 0 Å². The van der Waals surface area contributed by atoms with Crippen LogP contribution in [0.3, 0.4) is 0 Å². The second-order valence-electron chi connectivity index (χ2n) is 8.45. The zero-order valence-corrected chi connectivity index (χ0v) is 19.7. The second kappa shape index (κ2) is 10.4. The summed E-state index contributed by atoms with van der Waals surface area (Å²) in [6, 6.07) is 22.7. The lowest BCUT2D eigenvalue weighted by atomic mass is 9.98. The lowest BCUT2D eigenvalue weighted by molar-refractivity contribution is -0.150. The Balaban J connectivity index is 1.52. The molecule has 2 atom stereocenters. The van der Waals surface area contributed by atoms with E-state index in [9.17, 15) is 19.5 Å². The molecule has 4 rings (SSSR count). The Morgan fingerprint density at radius 2 is 1.46 bits per heavy atom. The van der Waals surface area contributed by atoms with Gasteiger partial charge in [0.05, 0.1) is 0 Å². The molecule has 0 saturated carbocycles. The Hall–Kier alpha value is -4.13. The number of carbonyl (C=O) groups excluding carboxylic acids is 2. The maximum absolute atomic E-state index is 13.3. The maximum Gasteiger partial charge on any atom is 0.408 e. The monoisotopic (exact) mass is 472 g/mol. The summed E-state index contributed by atoms with van der Waals surface area (Å²) in [4.78, 5) is 39.0. The topological polar surface area (TPSA) is 95.9 Å². The van der Waals surface area contributed by atoms with E-state index in [-0.39, 0.29) is 19.1 Å². The molecule has 1 aliphatic carbocycles. The fraction of sp³-hybridized carbons (Fsp3) is 0.250. The number of nitrogens with zero attached hydrogens (tertiary/aromatic N) is 1. The van der Waals surface area contributed by atoms with Gasteiger partial charge in [-0.3, -0.25) is 4.79 Å². The number of carbonyl (C=O) groups is 3. The molecule has 7 nitrogen and oxygen atoms in total. The van der Waals surface area contributed by atoms with Gasteiger partial charge >= 0.3 is 12.1 Å². The minimum Gasteiger partial charge on any atom is -0.480 e. The average Bonchev–Trinajstić information content (AvgIpc) is 3.20. The van der Waals surface area contributed by atoms with E-state index < -0.39 is 30.1 Å². The largest absolute Gasteiger partial charge is 0.480 e. The van der Waals surface area contributed by atoms with Gasteiger partial charge in [-0.25, -0.2) is 9.59 Å². The van der Waals surface area contributed by atoms with E-state index in [0.29, 0.717) is 5.56 Å². The molecule has 0 saturated heterocycles. The lowest BCUT2D eigenvalue weighted by Crippen LogP contribution is -2.49. The van der Waals surface area contributed by atoms with Gasteiger partial charge in [-0.05, 0) is 41.7 Å². The summed E-state index contributed by atoms with van der Waals surface area (Å²) < 4.78 is 5.63. The average molecular weight is 473 g/mol. The predicted octanol–water partition coefficient (Wildman–Crippen LogP) is 4.59. The molecule has 35 heavy (non-hydrogen) atoms. The van der Waals surface area contributed by atoms with Crippen LogP contribution in [-0.2, 0) is 14.3 Å². The number of rotatable bonds is 8. The summed E-state index contributed by atoms with van der Waals surface area (Å²) in [5.41, 5.74) is 4.96. The van der Waals surface area contributed by atoms with Crippen molar-refractivity contribution >= 4 is 18.0 Å². The normalized spacial score (nSPS) is 13.8. The zero-order chi connectivity index (χ0) is 24.9. The van der Waals surface area contributed by atoms with Crippen molar-refractivity contribution in [2.45, 2.75) is 31.8 Å². The molecule has 1 unspecified atom stereocenters. The summed E-state index contributed by atoms with van der Waals surface area (Å²) in [5, 5.41) is 12.1. The van der Waals surface area contributed by atoms with Crippen molar-refractivity contribution in [1.82, 2.24) is 10.2 Å². The first-order valence-electron chi connectivity index (χ1n) is 11.6. The van der Waals surface area contributed by atoms with Gasteiger partial charge in [0.25, 0.3) is 5.91 Å². The Morgan fingerprint density at radius 1 is 0.914 bits per heavy atom. The van der Waals surface area contributed by atoms with Crippen LogP contribution in [0.25, 0.3) is 11.1 Å². The highest BCUT2D eigenvalue weighted by atomic mass is 16.5. The van der Waals surface area contributed by atoms with Crippen LogP contribution in [0.5, 0.6) is 0 Å². The molecule has 2 N–H and O–H groups in total. The molecule has 0 aromatic heterocycles. The summed E-state index contributed by atoms with van der Waals surface area (Å²) in [5.74, 6) is -1.74. The number of hydrogen-bond donors (Lipinski definition) is 2. The molecule has 1 aliphatic rings. The minimum atomic E-state index is -1.12. The molecule has 0 spiro atoms. The van der Waals surface area contributed by atoms with Crippen molar-refractivity contribution in [2.75, 3.05) is 13.2 Å². The highest BCUT2D eigenvalue weighted by Gasteiger charge is 2.33. The molecule has 0 aliphatic heterocycles. The molecule has 2 amide bonds. The third-order valence-corrected chi connectivity index (χ3v) is 6.43. The Kier molecular flexibility index (Phi) is 7.15. The van der Waals surface area contributed by atoms with Crippen molar-refractivity contribution in [3.8, 4) is 11.1 Å². The third kappa shape index (κ3) is 4.89. The maximum atomic E-state index is 13.3. The molecule has 7 heteroatoms. The molecule has 0 bridgehead atoms. The molecule has 180 valence electrons. The fourth-order valence-corrected chi connectivity index (χ4v) is 4.61. The summed E-state index contributed by atoms with van der Waals surface area (Å²) in [6.07, 6.45) is -0.743. The summed E-state index contributed by atoms with van der Waals surface area (Å²) in [6.45, 7) is 3.44. The SMILES string of the molecule is CCN(C(=O)[C@@H](NC(=O)OCC1c2ccccc2-c2ccccc21)c1ccccc1)C(C)C(=O)O. The number of ether oxygens (including phenoxy) is 1. The molecular formula is C28H28N2O5. The number of aliphatic carboxylic acids is 1. The van der Waals surface area contributed by atoms with Crippen LogP contribution in [0.4, 0.5) is 4.79 Å². The van der Waals surface area contributed by atoms with Gasteiger partial charge < -0.3 is 20.1 Å². The van der Waals surface area contributed by atoms with Gasteiger partial charge in [-0.2, -0.15) is 0 Å². The smallest absolute Gasteiger partial charge is 0.408 e. The van der Waals surface area contributed by atoms with E-state index in [4.69, 9.17) is 4.74 Å². The number of fused-ring (bicyclic) bond motifs is 3. The molecule has 0 heterocycles. The van der Waals surface area contributed by atoms with E-state index in [1.54, 1.807) is 37.3 Å². The quantitative estimate of drug-likeness (QED) is 0.500. The number of carboxylic acids is 1. The highest BCUT2D eigenvalue weighted by molar-refractivity contribution is 5.90. The minimum absolute atomic E-state index is 0.110. The number of benzene rings is 3. The van der Waals surface area contributed by atoms with Crippen LogP contribution in [0.1, 0.15) is 42.5 Å². The number of likely N-dealkylation sites (N-methyl/N-ethyl adjacent to an activating group) is 1. The van der Waals surface area contributed by atoms with E-state index in [2.05, 4.69) is 17.4 Å². The van der Waals surface area contributed by atoms with Gasteiger partial charge in [0.2, 0.25) is 0 Å². The van der Waals surface area contributed by atoms with Crippen LogP contribution in [0, 0.1) is 0 Å². The van der Waals surface area contributed by atoms with Crippen molar-refractivity contribution in [2.24, 2.45) is 0 Å². The Morgan fingerprint density at radius 3 is 2.00 bits per heavy atom. The van der Waals surface area contributed by atoms with Gasteiger partial charge in [-0.15, -0.1) is 0 Å². The number of amides is 2. The van der Waals surface area contributed by atoms with Gasteiger partial charge in [0, 0.05) is 12.5 Å². The van der Waals surface area contributed by atoms with Crippen LogP contribution in [-0.4, -0.2) is 47.2 Å². The molecule has 0 radical (unpaired) electrons. The first-order chi connectivity index (χ1) is 16.9. The number of carboxylic acid groups (broad SMARTS) is 1. The Labute approximate surface area is 204 Å². The van der Waals surface area contributed by atoms with Crippen molar-refractivity contribution < 1.29 is 24.2 Å². The van der Waals surface area contributed by atoms with Crippen LogP contribution in [0.2, 0.25) is 0 Å². The number of hydrogen-bond acceptors (Lipinski definition) is 4. The van der Waals surface area contributed by atoms with Gasteiger partial charge in [0.1, 0.15) is 18.7 Å². The molecule has 3 aromatic rings. The van der Waals surface area contributed by atoms with E-state index in [1.165, 1.54) is 11.8 Å². The molecule has 0 fully saturated rings. The standard InChI is InChI=1S/C28H28N2O5/c1-3-30(18(2)27(32)33)26(31)25(19-11-5-4-6-12-19)29-28(34)35-17-24-22-15-9-7-13-20(22)21-14-8-10-16-23(21)24/h4-16,18,24-25H,3,17H2,1-2H3,(H,29,34)(H,32,33)/t18?,25-/m0/s1. The van der Waals surface area contributed by atoms with Gasteiger partial charge in [-0.1, -0.05) is 78.9 Å². The van der Waals surface area contributed by atoms with E-state index in [0.717, 1.165) is 22.3 Å². The van der Waals surface area contributed by atoms with Crippen LogP contribution >= 0.6 is 0 Å². The first-order valence-corrected chi connectivity index (χ1v) is 11.6. The zero-order valence-electron chi connectivity index (χ0n) is 19.7. The van der Waals surface area contributed by atoms with Crippen molar-refractivity contribution in [3.05, 3.63) is 95.6 Å². The summed E-state index contributed by atoms with van der Waals surface area (Å²) in [7, 11) is 0. The second-order valence-corrected chi connectivity index (χ2v) is 8.45. The fourth-order valence-electron chi connectivity index (χ4n) is 4.61. The van der Waals surface area contributed by atoms with E-state index >= 15 is 0 Å². The van der Waals surface area contributed by atoms with Crippen molar-refractivity contribution in [1.29, 1.82) is 0 Å². The van der Waals surface area contributed by atoms with Crippen LogP contribution < -0.4 is 5.32 Å². The third-order valence-electron chi connectivity index (χ3n) is 6.43. The molecule has 3 aromatic carbocycles. The lowest BCUT2D eigenvalue weighted by Gasteiger charge is -2.29. The first kappa shape index (κ1) is 24.0. The summed E-state index contributed by atoms with van der Waals surface area (Å²) >= 11 is 0. The number of nitrogens with one attached hydrogen (secondary N) is 1. The van der Waals surface area contributed by atoms with Crippen LogP contribution in [0.15, 0.2) is 78.9 Å².